The molecule has 0 amide bonds. The van der Waals surface area contributed by atoms with Crippen LogP contribution in [0.15, 0.2) is 66.9 Å². The third kappa shape index (κ3) is 7.95. The maximum Gasteiger partial charge on any atom is 0.490 e. The summed E-state index contributed by atoms with van der Waals surface area (Å²) >= 11 is 0. The molecule has 0 aliphatic heterocycles. The molecule has 2 heterocycles. The summed E-state index contributed by atoms with van der Waals surface area (Å²) < 4.78 is 42.8. The average molecular weight is 539 g/mol. The van der Waals surface area contributed by atoms with Crippen LogP contribution in [0, 0.1) is 11.3 Å². The molecular formula is C25H20F3N7O4. The second-order valence-electron chi connectivity index (χ2n) is 7.50. The summed E-state index contributed by atoms with van der Waals surface area (Å²) in [5, 5.41) is 19.3. The van der Waals surface area contributed by atoms with Gasteiger partial charge in [0.15, 0.2) is 0 Å². The van der Waals surface area contributed by atoms with E-state index < -0.39 is 12.1 Å². The van der Waals surface area contributed by atoms with Crippen LogP contribution < -0.4 is 26.3 Å². The monoisotopic (exact) mass is 539 g/mol. The molecule has 39 heavy (non-hydrogen) atoms. The number of rotatable bonds is 6. The fraction of sp³-hybridized carbons (Fsp3) is 0.0800. The lowest BCUT2D eigenvalue weighted by Gasteiger charge is -2.11. The predicted molar refractivity (Wildman–Crippen MR) is 135 cm³/mol. The fourth-order valence-electron chi connectivity index (χ4n) is 2.97. The minimum atomic E-state index is -5.08. The van der Waals surface area contributed by atoms with Crippen LogP contribution in [0.1, 0.15) is 5.69 Å². The molecule has 0 radical (unpaired) electrons. The molecule has 0 unspecified atom stereocenters. The van der Waals surface area contributed by atoms with Crippen LogP contribution in [-0.2, 0) is 4.79 Å². The fourth-order valence-corrected chi connectivity index (χ4v) is 2.97. The van der Waals surface area contributed by atoms with Crippen molar-refractivity contribution >= 4 is 29.1 Å². The number of carboxylic acid groups (broad SMARTS) is 1. The van der Waals surface area contributed by atoms with Gasteiger partial charge in [-0.25, -0.2) is 14.8 Å². The zero-order valence-corrected chi connectivity index (χ0v) is 20.1. The number of ether oxygens (including phenoxy) is 2. The maximum atomic E-state index is 10.6. The highest BCUT2D eigenvalue weighted by molar-refractivity contribution is 5.73. The number of benzene rings is 2. The predicted octanol–water partition coefficient (Wildman–Crippen LogP) is 4.75. The second kappa shape index (κ2) is 12.1. The summed E-state index contributed by atoms with van der Waals surface area (Å²) in [4.78, 5) is 21.4. The van der Waals surface area contributed by atoms with Gasteiger partial charge >= 0.3 is 12.1 Å². The Kier molecular flexibility index (Phi) is 8.69. The number of methoxy groups -OCH3 is 1. The first-order valence-electron chi connectivity index (χ1n) is 10.8. The zero-order valence-electron chi connectivity index (χ0n) is 20.1. The van der Waals surface area contributed by atoms with E-state index in [9.17, 15) is 13.2 Å². The number of aromatic nitrogens is 3. The average Bonchev–Trinajstić information content (AvgIpc) is 2.89. The summed E-state index contributed by atoms with van der Waals surface area (Å²) in [6.07, 6.45) is -3.56. The third-order valence-corrected chi connectivity index (χ3v) is 4.72. The normalized spacial score (nSPS) is 10.4. The first kappa shape index (κ1) is 28.0. The first-order valence-corrected chi connectivity index (χ1v) is 10.8. The van der Waals surface area contributed by atoms with E-state index in [1.165, 1.54) is 6.20 Å². The second-order valence-corrected chi connectivity index (χ2v) is 7.50. The van der Waals surface area contributed by atoms with E-state index in [1.807, 2.05) is 24.3 Å². The van der Waals surface area contributed by atoms with Crippen molar-refractivity contribution in [2.45, 2.75) is 6.18 Å². The van der Waals surface area contributed by atoms with Crippen LogP contribution in [-0.4, -0.2) is 39.3 Å². The van der Waals surface area contributed by atoms with E-state index in [-0.39, 0.29) is 11.6 Å². The Hall–Kier alpha value is -5.58. The number of anilines is 4. The van der Waals surface area contributed by atoms with Crippen molar-refractivity contribution < 1.29 is 32.5 Å². The molecule has 200 valence electrons. The number of hydrogen-bond acceptors (Lipinski definition) is 10. The highest BCUT2D eigenvalue weighted by atomic mass is 19.4. The number of carboxylic acids is 1. The van der Waals surface area contributed by atoms with Crippen molar-refractivity contribution in [1.29, 1.82) is 5.26 Å². The zero-order chi connectivity index (χ0) is 28.6. The lowest BCUT2D eigenvalue weighted by Crippen LogP contribution is -2.21. The minimum absolute atomic E-state index is 0.131. The Balaban J connectivity index is 0.000000532. The number of hydrogen-bond donors (Lipinski definition) is 4. The number of carbonyl (C=O) groups is 1. The van der Waals surface area contributed by atoms with Crippen LogP contribution in [0.4, 0.5) is 36.3 Å². The van der Waals surface area contributed by atoms with Gasteiger partial charge in [0.2, 0.25) is 5.95 Å². The van der Waals surface area contributed by atoms with Gasteiger partial charge in [0.1, 0.15) is 34.8 Å². The lowest BCUT2D eigenvalue weighted by atomic mass is 10.1. The summed E-state index contributed by atoms with van der Waals surface area (Å²) in [6.45, 7) is 0. The smallest absolute Gasteiger partial charge is 0.490 e. The Morgan fingerprint density at radius 1 is 1.03 bits per heavy atom. The quantitative estimate of drug-likeness (QED) is 0.248. The minimum Gasteiger partial charge on any atom is -0.495 e. The molecule has 2 aromatic heterocycles. The Morgan fingerprint density at radius 2 is 1.72 bits per heavy atom. The number of halogens is 3. The Labute approximate surface area is 219 Å². The largest absolute Gasteiger partial charge is 0.495 e. The topological polar surface area (TPSA) is 182 Å². The molecule has 0 spiro atoms. The van der Waals surface area contributed by atoms with Crippen molar-refractivity contribution in [2.24, 2.45) is 0 Å². The highest BCUT2D eigenvalue weighted by Crippen LogP contribution is 2.30. The van der Waals surface area contributed by atoms with Crippen molar-refractivity contribution in [3.05, 3.63) is 72.6 Å². The number of nitrogens with two attached hydrogens (primary N) is 2. The van der Waals surface area contributed by atoms with Gasteiger partial charge in [0.05, 0.1) is 18.5 Å². The van der Waals surface area contributed by atoms with Gasteiger partial charge in [-0.2, -0.15) is 23.4 Å². The van der Waals surface area contributed by atoms with Gasteiger partial charge in [0.25, 0.3) is 0 Å². The van der Waals surface area contributed by atoms with Gasteiger partial charge in [-0.1, -0.05) is 6.07 Å². The molecule has 6 N–H and O–H groups in total. The molecule has 14 heteroatoms. The number of alkyl halides is 3. The Morgan fingerprint density at radius 3 is 2.33 bits per heavy atom. The summed E-state index contributed by atoms with van der Waals surface area (Å²) in [5.41, 5.74) is 14.8. The number of nitriles is 1. The van der Waals surface area contributed by atoms with Crippen LogP contribution in [0.25, 0.3) is 11.3 Å². The van der Waals surface area contributed by atoms with Crippen molar-refractivity contribution in [1.82, 2.24) is 15.0 Å². The number of nitrogen functional groups attached to an aromatic ring is 2. The molecule has 0 aliphatic rings. The van der Waals surface area contributed by atoms with E-state index >= 15 is 0 Å². The van der Waals surface area contributed by atoms with Crippen LogP contribution in [0.2, 0.25) is 0 Å². The van der Waals surface area contributed by atoms with E-state index in [0.29, 0.717) is 34.4 Å². The molecule has 2 aromatic carbocycles. The van der Waals surface area contributed by atoms with E-state index in [2.05, 4.69) is 20.3 Å². The number of nitrogens with zero attached hydrogens (tertiary/aromatic N) is 4. The SMILES string of the molecule is COc1cc(-c2cc(Nc3ccc(Oc4ccnc(C#N)c4)cc3)nc(N)n2)ccc1N.O=C(O)C(F)(F)F. The van der Waals surface area contributed by atoms with Gasteiger partial charge in [-0.3, -0.25) is 0 Å². The van der Waals surface area contributed by atoms with Crippen molar-refractivity contribution in [3.63, 3.8) is 0 Å². The third-order valence-electron chi connectivity index (χ3n) is 4.72. The van der Waals surface area contributed by atoms with Gasteiger partial charge in [-0.15, -0.1) is 0 Å². The van der Waals surface area contributed by atoms with Crippen LogP contribution >= 0.6 is 0 Å². The molecular weight excluding hydrogens is 519 g/mol. The first-order chi connectivity index (χ1) is 18.5. The van der Waals surface area contributed by atoms with Gasteiger partial charge in [-0.05, 0) is 42.5 Å². The van der Waals surface area contributed by atoms with Gasteiger partial charge in [0, 0.05) is 29.6 Å². The van der Waals surface area contributed by atoms with E-state index in [0.717, 1.165) is 11.3 Å². The molecule has 0 saturated carbocycles. The maximum absolute atomic E-state index is 10.6. The molecule has 11 nitrogen and oxygen atoms in total. The molecule has 4 rings (SSSR count). The summed E-state index contributed by atoms with van der Waals surface area (Å²) in [6, 6.07) is 19.7. The number of pyridine rings is 1. The van der Waals surface area contributed by atoms with Crippen molar-refractivity contribution in [2.75, 3.05) is 23.9 Å². The van der Waals surface area contributed by atoms with E-state index in [1.54, 1.807) is 49.6 Å². The Bertz CT molecular complexity index is 1510. The van der Waals surface area contributed by atoms with Gasteiger partial charge < -0.3 is 31.4 Å². The van der Waals surface area contributed by atoms with Crippen LogP contribution in [0.5, 0.6) is 17.2 Å². The number of nitrogens with one attached hydrogen (secondary N) is 1. The van der Waals surface area contributed by atoms with Crippen LogP contribution in [0.3, 0.4) is 0 Å². The molecule has 4 aromatic rings. The lowest BCUT2D eigenvalue weighted by molar-refractivity contribution is -0.192. The molecule has 0 aliphatic carbocycles. The molecule has 0 bridgehead atoms. The molecule has 0 saturated heterocycles. The number of aliphatic carboxylic acids is 1. The van der Waals surface area contributed by atoms with Crippen molar-refractivity contribution in [3.8, 4) is 34.6 Å². The summed E-state index contributed by atoms with van der Waals surface area (Å²) in [5.74, 6) is -0.392. The standard InChI is InChI=1S/C23H19N7O2.C2HF3O2/c1-31-21-10-14(2-7-19(21)25)20-12-22(30-23(26)29-20)28-15-3-5-17(6-4-15)32-18-8-9-27-16(11-18)13-24;3-2(4,5)1(6)7/h2-12H,25H2,1H3,(H3,26,28,29,30);(H,6,7). The van der Waals surface area contributed by atoms with E-state index in [4.69, 9.17) is 36.1 Å². The molecule has 0 atom stereocenters. The molecule has 0 fully saturated rings. The summed E-state index contributed by atoms with van der Waals surface area (Å²) in [7, 11) is 1.56. The highest BCUT2D eigenvalue weighted by Gasteiger charge is 2.38.